The maximum atomic E-state index is 2.66. The minimum atomic E-state index is 0.804. The van der Waals surface area contributed by atoms with Crippen LogP contribution in [0.4, 0.5) is 0 Å². The van der Waals surface area contributed by atoms with Gasteiger partial charge in [0.15, 0.2) is 0 Å². The van der Waals surface area contributed by atoms with Crippen molar-refractivity contribution in [2.45, 2.75) is 79.7 Å². The van der Waals surface area contributed by atoms with Crippen LogP contribution >= 0.6 is 0 Å². The van der Waals surface area contributed by atoms with Crippen molar-refractivity contribution < 1.29 is 0 Å². The molecule has 0 bridgehead atoms. The molecule has 0 saturated heterocycles. The van der Waals surface area contributed by atoms with Crippen molar-refractivity contribution in [3.05, 3.63) is 0 Å². The van der Waals surface area contributed by atoms with Gasteiger partial charge in [-0.1, -0.05) is 54.4 Å². The highest BCUT2D eigenvalue weighted by atomic mass is 15.1. The highest BCUT2D eigenvalue weighted by molar-refractivity contribution is 4.72. The van der Waals surface area contributed by atoms with Crippen molar-refractivity contribution in [2.75, 3.05) is 32.7 Å². The highest BCUT2D eigenvalue weighted by Crippen LogP contribution is 2.18. The van der Waals surface area contributed by atoms with E-state index in [-0.39, 0.29) is 0 Å². The maximum Gasteiger partial charge on any atom is 0.00974 e. The van der Waals surface area contributed by atoms with E-state index in [0.29, 0.717) is 0 Å². The predicted molar refractivity (Wildman–Crippen MR) is 92.4 cm³/mol. The first-order valence-corrected chi connectivity index (χ1v) is 9.05. The van der Waals surface area contributed by atoms with Crippen molar-refractivity contribution in [1.29, 1.82) is 0 Å². The fourth-order valence-corrected chi connectivity index (χ4v) is 3.17. The average molecular weight is 285 g/mol. The van der Waals surface area contributed by atoms with Crippen LogP contribution in [0.2, 0.25) is 0 Å². The molecule has 0 aromatic carbocycles. The topological polar surface area (TPSA) is 6.48 Å². The van der Waals surface area contributed by atoms with Gasteiger partial charge in [-0.15, -0.1) is 0 Å². The van der Waals surface area contributed by atoms with Gasteiger partial charge in [0.2, 0.25) is 0 Å². The van der Waals surface area contributed by atoms with E-state index < -0.39 is 0 Å². The molecule has 0 radical (unpaired) electrons. The molecule has 0 rings (SSSR count). The molecular weight excluding hydrogens is 244 g/mol. The number of nitrogens with zero attached hydrogens (tertiary/aromatic N) is 2. The molecule has 0 heterocycles. The lowest BCUT2D eigenvalue weighted by Crippen LogP contribution is -2.36. The van der Waals surface area contributed by atoms with Crippen molar-refractivity contribution in [3.8, 4) is 0 Å². The Hall–Kier alpha value is -0.0800. The standard InChI is InChI=1S/C18H40N2/c1-7-19(8-2)15-13-11-12-14-18(16-17(5)6)20(9-3)10-4/h17-18H,7-16H2,1-6H3. The molecule has 0 fully saturated rings. The molecule has 0 aliphatic carbocycles. The molecule has 2 heteroatoms. The lowest BCUT2D eigenvalue weighted by Gasteiger charge is -2.31. The summed E-state index contributed by atoms with van der Waals surface area (Å²) in [5.41, 5.74) is 0. The van der Waals surface area contributed by atoms with Crippen molar-refractivity contribution >= 4 is 0 Å². The molecule has 0 N–H and O–H groups in total. The molecule has 0 aliphatic rings. The molecule has 1 atom stereocenters. The number of unbranched alkanes of at least 4 members (excludes halogenated alkanes) is 2. The van der Waals surface area contributed by atoms with Crippen molar-refractivity contribution in [2.24, 2.45) is 5.92 Å². The first-order valence-electron chi connectivity index (χ1n) is 9.05. The molecule has 122 valence electrons. The number of hydrogen-bond donors (Lipinski definition) is 0. The smallest absolute Gasteiger partial charge is 0.00974 e. The third-order valence-corrected chi connectivity index (χ3v) is 4.48. The molecule has 0 saturated carbocycles. The zero-order valence-electron chi connectivity index (χ0n) is 15.1. The van der Waals surface area contributed by atoms with E-state index in [1.54, 1.807) is 0 Å². The fourth-order valence-electron chi connectivity index (χ4n) is 3.17. The van der Waals surface area contributed by atoms with Crippen molar-refractivity contribution in [1.82, 2.24) is 9.80 Å². The van der Waals surface area contributed by atoms with Gasteiger partial charge in [-0.05, 0) is 57.9 Å². The molecule has 0 amide bonds. The van der Waals surface area contributed by atoms with Gasteiger partial charge >= 0.3 is 0 Å². The maximum absolute atomic E-state index is 2.66. The molecule has 0 aromatic rings. The Labute approximate surface area is 128 Å². The van der Waals surface area contributed by atoms with Gasteiger partial charge in [-0.25, -0.2) is 0 Å². The minimum absolute atomic E-state index is 0.804. The Balaban J connectivity index is 3.95. The molecule has 2 nitrogen and oxygen atoms in total. The van der Waals surface area contributed by atoms with Crippen LogP contribution in [0.5, 0.6) is 0 Å². The van der Waals surface area contributed by atoms with Crippen molar-refractivity contribution in [3.63, 3.8) is 0 Å². The van der Waals surface area contributed by atoms with Crippen LogP contribution in [0.15, 0.2) is 0 Å². The first kappa shape index (κ1) is 19.9. The van der Waals surface area contributed by atoms with Gasteiger partial charge in [0.05, 0.1) is 0 Å². The summed E-state index contributed by atoms with van der Waals surface area (Å²) in [7, 11) is 0. The third-order valence-electron chi connectivity index (χ3n) is 4.48. The molecule has 0 aromatic heterocycles. The van der Waals surface area contributed by atoms with Gasteiger partial charge in [-0.2, -0.15) is 0 Å². The van der Waals surface area contributed by atoms with Crippen LogP contribution in [0.1, 0.15) is 73.6 Å². The van der Waals surface area contributed by atoms with Crippen LogP contribution < -0.4 is 0 Å². The number of hydrogen-bond acceptors (Lipinski definition) is 2. The normalized spacial score (nSPS) is 13.7. The summed E-state index contributed by atoms with van der Waals surface area (Å²) in [5, 5.41) is 0. The van der Waals surface area contributed by atoms with E-state index in [4.69, 9.17) is 0 Å². The first-order chi connectivity index (χ1) is 9.58. The monoisotopic (exact) mass is 284 g/mol. The molecular formula is C18H40N2. The summed E-state index contributed by atoms with van der Waals surface area (Å²) in [4.78, 5) is 5.19. The van der Waals surface area contributed by atoms with E-state index >= 15 is 0 Å². The van der Waals surface area contributed by atoms with E-state index in [2.05, 4.69) is 51.3 Å². The second-order valence-corrected chi connectivity index (χ2v) is 6.38. The third kappa shape index (κ3) is 8.97. The summed E-state index contributed by atoms with van der Waals surface area (Å²) in [6.45, 7) is 19.9. The molecule has 1 unspecified atom stereocenters. The molecule has 0 aliphatic heterocycles. The van der Waals surface area contributed by atoms with E-state index in [1.165, 1.54) is 64.8 Å². The average Bonchev–Trinajstić information content (AvgIpc) is 2.43. The Morgan fingerprint density at radius 2 is 1.35 bits per heavy atom. The summed E-state index contributed by atoms with van der Waals surface area (Å²) >= 11 is 0. The fraction of sp³-hybridized carbons (Fsp3) is 1.00. The van der Waals surface area contributed by atoms with Crippen LogP contribution in [-0.4, -0.2) is 48.6 Å². The zero-order valence-corrected chi connectivity index (χ0v) is 15.1. The summed E-state index contributed by atoms with van der Waals surface area (Å²) in [6, 6.07) is 0.804. The number of rotatable bonds is 13. The second kappa shape index (κ2) is 12.6. The van der Waals surface area contributed by atoms with Gasteiger partial charge in [-0.3, -0.25) is 0 Å². The van der Waals surface area contributed by atoms with Gasteiger partial charge in [0.1, 0.15) is 0 Å². The summed E-state index contributed by atoms with van der Waals surface area (Å²) in [5.74, 6) is 0.816. The molecule has 20 heavy (non-hydrogen) atoms. The second-order valence-electron chi connectivity index (χ2n) is 6.38. The van der Waals surface area contributed by atoms with Crippen LogP contribution in [-0.2, 0) is 0 Å². The minimum Gasteiger partial charge on any atom is -0.304 e. The van der Waals surface area contributed by atoms with Gasteiger partial charge in [0.25, 0.3) is 0 Å². The summed E-state index contributed by atoms with van der Waals surface area (Å²) in [6.07, 6.45) is 6.91. The van der Waals surface area contributed by atoms with Gasteiger partial charge < -0.3 is 9.80 Å². The SMILES string of the molecule is CCN(CC)CCCCCC(CC(C)C)N(CC)CC. The lowest BCUT2D eigenvalue weighted by atomic mass is 9.97. The zero-order chi connectivity index (χ0) is 15.4. The Kier molecular flexibility index (Phi) is 12.6. The Morgan fingerprint density at radius 3 is 1.80 bits per heavy atom. The predicted octanol–water partition coefficient (Wildman–Crippen LogP) is 4.65. The van der Waals surface area contributed by atoms with E-state index in [0.717, 1.165) is 12.0 Å². The van der Waals surface area contributed by atoms with E-state index in [1.807, 2.05) is 0 Å². The van der Waals surface area contributed by atoms with Gasteiger partial charge in [0, 0.05) is 6.04 Å². The van der Waals surface area contributed by atoms with Crippen LogP contribution in [0.25, 0.3) is 0 Å². The highest BCUT2D eigenvalue weighted by Gasteiger charge is 2.16. The quantitative estimate of drug-likeness (QED) is 0.454. The Bertz CT molecular complexity index is 196. The Morgan fingerprint density at radius 1 is 0.750 bits per heavy atom. The largest absolute Gasteiger partial charge is 0.304 e. The lowest BCUT2D eigenvalue weighted by molar-refractivity contribution is 0.176. The van der Waals surface area contributed by atoms with Crippen LogP contribution in [0.3, 0.4) is 0 Å². The van der Waals surface area contributed by atoms with E-state index in [9.17, 15) is 0 Å². The molecule has 0 spiro atoms. The van der Waals surface area contributed by atoms with Crippen LogP contribution in [0, 0.1) is 5.92 Å². The summed E-state index contributed by atoms with van der Waals surface area (Å²) < 4.78 is 0.